The molecule has 1 N–H and O–H groups in total. The Bertz CT molecular complexity index is 983. The van der Waals surface area contributed by atoms with Crippen LogP contribution in [0.2, 0.25) is 0 Å². The van der Waals surface area contributed by atoms with Crippen molar-refractivity contribution in [1.29, 1.82) is 0 Å². The highest BCUT2D eigenvalue weighted by molar-refractivity contribution is 7.92. The van der Waals surface area contributed by atoms with E-state index in [1.54, 1.807) is 24.4 Å². The normalized spacial score (nSPS) is 16.3. The molecule has 2 aliphatic heterocycles. The van der Waals surface area contributed by atoms with Crippen molar-refractivity contribution in [1.82, 2.24) is 10.3 Å². The number of carbonyl (C=O) groups is 1. The van der Waals surface area contributed by atoms with Crippen LogP contribution < -0.4 is 14.5 Å². The van der Waals surface area contributed by atoms with Gasteiger partial charge in [-0.15, -0.1) is 0 Å². The summed E-state index contributed by atoms with van der Waals surface area (Å²) in [6.07, 6.45) is 6.04. The molecule has 8 heteroatoms. The summed E-state index contributed by atoms with van der Waals surface area (Å²) in [4.78, 5) is 19.3. The molecule has 0 bridgehead atoms. The van der Waals surface area contributed by atoms with Crippen molar-refractivity contribution in [2.24, 2.45) is 0 Å². The second-order valence-electron chi connectivity index (χ2n) is 7.33. The van der Waals surface area contributed by atoms with E-state index in [1.165, 1.54) is 23.4 Å². The number of fused-ring (bicyclic) bond motifs is 1. The van der Waals surface area contributed by atoms with Crippen LogP contribution in [0.3, 0.4) is 0 Å². The summed E-state index contributed by atoms with van der Waals surface area (Å²) in [5, 5.41) is 2.91. The average Bonchev–Trinajstić information content (AvgIpc) is 3.35. The van der Waals surface area contributed by atoms with Gasteiger partial charge >= 0.3 is 0 Å². The summed E-state index contributed by atoms with van der Waals surface area (Å²) in [7, 11) is -3.28. The van der Waals surface area contributed by atoms with Crippen LogP contribution >= 0.6 is 0 Å². The van der Waals surface area contributed by atoms with Crippen LogP contribution in [0.15, 0.2) is 36.5 Å². The second kappa shape index (κ2) is 7.43. The zero-order chi connectivity index (χ0) is 19.7. The highest BCUT2D eigenvalue weighted by Gasteiger charge is 2.26. The molecule has 0 atom stereocenters. The van der Waals surface area contributed by atoms with Gasteiger partial charge in [-0.1, -0.05) is 6.07 Å². The van der Waals surface area contributed by atoms with Crippen molar-refractivity contribution >= 4 is 27.4 Å². The third-order valence-electron chi connectivity index (χ3n) is 5.29. The first kappa shape index (κ1) is 18.7. The van der Waals surface area contributed by atoms with E-state index in [9.17, 15) is 13.2 Å². The van der Waals surface area contributed by atoms with Gasteiger partial charge in [-0.3, -0.25) is 9.10 Å². The van der Waals surface area contributed by atoms with Crippen LogP contribution in [-0.2, 0) is 23.0 Å². The van der Waals surface area contributed by atoms with Crippen LogP contribution in [0.4, 0.5) is 11.5 Å². The monoisotopic (exact) mass is 400 g/mol. The Balaban J connectivity index is 1.39. The molecule has 2 aliphatic rings. The number of amides is 1. The minimum absolute atomic E-state index is 0.177. The zero-order valence-corrected chi connectivity index (χ0v) is 16.7. The molecule has 0 spiro atoms. The van der Waals surface area contributed by atoms with Crippen molar-refractivity contribution in [3.8, 4) is 0 Å². The van der Waals surface area contributed by atoms with E-state index in [2.05, 4.69) is 15.2 Å². The van der Waals surface area contributed by atoms with Crippen LogP contribution in [0.5, 0.6) is 0 Å². The molecule has 3 heterocycles. The Kier molecular flexibility index (Phi) is 4.97. The summed E-state index contributed by atoms with van der Waals surface area (Å²) in [6, 6.07) is 9.16. The van der Waals surface area contributed by atoms with Gasteiger partial charge in [-0.05, 0) is 54.7 Å². The molecule has 148 valence electrons. The SMILES string of the molecule is CS(=O)(=O)N1CCc2cc(C(=O)NCc3ccc(N4CCCC4)nc3)ccc21. The van der Waals surface area contributed by atoms with Gasteiger partial charge in [0.15, 0.2) is 0 Å². The van der Waals surface area contributed by atoms with Gasteiger partial charge in [0.2, 0.25) is 10.0 Å². The lowest BCUT2D eigenvalue weighted by molar-refractivity contribution is 0.0951. The topological polar surface area (TPSA) is 82.6 Å². The van der Waals surface area contributed by atoms with E-state index in [1.807, 2.05) is 12.1 Å². The maximum atomic E-state index is 12.5. The number of nitrogens with one attached hydrogen (secondary N) is 1. The van der Waals surface area contributed by atoms with Crippen molar-refractivity contribution in [2.75, 3.05) is 35.1 Å². The Morgan fingerprint density at radius 3 is 2.61 bits per heavy atom. The van der Waals surface area contributed by atoms with Crippen LogP contribution in [-0.4, -0.2) is 45.2 Å². The van der Waals surface area contributed by atoms with Crippen LogP contribution in [0, 0.1) is 0 Å². The maximum Gasteiger partial charge on any atom is 0.251 e. The molecule has 28 heavy (non-hydrogen) atoms. The van der Waals surface area contributed by atoms with Gasteiger partial charge in [-0.25, -0.2) is 13.4 Å². The molecular formula is C20H24N4O3S. The van der Waals surface area contributed by atoms with Crippen molar-refractivity contribution in [2.45, 2.75) is 25.8 Å². The number of carbonyl (C=O) groups excluding carboxylic acids is 1. The highest BCUT2D eigenvalue weighted by atomic mass is 32.2. The van der Waals surface area contributed by atoms with Gasteiger partial charge in [-0.2, -0.15) is 0 Å². The number of hydrogen-bond donors (Lipinski definition) is 1. The number of nitrogens with zero attached hydrogens (tertiary/aromatic N) is 3. The minimum atomic E-state index is -3.28. The molecule has 1 saturated heterocycles. The number of aromatic nitrogens is 1. The fourth-order valence-electron chi connectivity index (χ4n) is 3.80. The van der Waals surface area contributed by atoms with E-state index in [-0.39, 0.29) is 5.91 Å². The largest absolute Gasteiger partial charge is 0.357 e. The highest BCUT2D eigenvalue weighted by Crippen LogP contribution is 2.30. The summed E-state index contributed by atoms with van der Waals surface area (Å²) in [5.74, 6) is 0.811. The lowest BCUT2D eigenvalue weighted by Crippen LogP contribution is -2.27. The molecule has 0 saturated carbocycles. The zero-order valence-electron chi connectivity index (χ0n) is 15.9. The van der Waals surface area contributed by atoms with E-state index in [0.717, 1.165) is 30.0 Å². The fraction of sp³-hybridized carbons (Fsp3) is 0.400. The molecule has 4 rings (SSSR count). The van der Waals surface area contributed by atoms with Crippen LogP contribution in [0.1, 0.15) is 34.3 Å². The van der Waals surface area contributed by atoms with Gasteiger partial charge in [0.1, 0.15) is 5.82 Å². The Morgan fingerprint density at radius 1 is 1.14 bits per heavy atom. The predicted molar refractivity (Wildman–Crippen MR) is 109 cm³/mol. The molecule has 0 unspecified atom stereocenters. The lowest BCUT2D eigenvalue weighted by atomic mass is 10.1. The number of pyridine rings is 1. The fourth-order valence-corrected chi connectivity index (χ4v) is 4.75. The standard InChI is InChI=1S/C20H24N4O3S/c1-28(26,27)24-11-8-16-12-17(5-6-18(16)24)20(25)22-14-15-4-7-19(21-13-15)23-9-2-3-10-23/h4-7,12-13H,2-3,8-11,14H2,1H3,(H,22,25). The number of anilines is 2. The Hall–Kier alpha value is -2.61. The first-order chi connectivity index (χ1) is 13.4. The van der Waals surface area contributed by atoms with Crippen LogP contribution in [0.25, 0.3) is 0 Å². The summed E-state index contributed by atoms with van der Waals surface area (Å²) in [6.45, 7) is 2.93. The predicted octanol–water partition coefficient (Wildman–Crippen LogP) is 1.93. The Morgan fingerprint density at radius 2 is 1.93 bits per heavy atom. The lowest BCUT2D eigenvalue weighted by Gasteiger charge is -2.17. The molecular weight excluding hydrogens is 376 g/mol. The minimum Gasteiger partial charge on any atom is -0.357 e. The molecule has 1 aromatic carbocycles. The summed E-state index contributed by atoms with van der Waals surface area (Å²) < 4.78 is 25.0. The number of sulfonamides is 1. The van der Waals surface area contributed by atoms with Gasteiger partial charge < -0.3 is 10.2 Å². The van der Waals surface area contributed by atoms with E-state index < -0.39 is 10.0 Å². The van der Waals surface area contributed by atoms with Gasteiger partial charge in [0, 0.05) is 37.9 Å². The van der Waals surface area contributed by atoms with E-state index in [4.69, 9.17) is 0 Å². The van der Waals surface area contributed by atoms with Crippen molar-refractivity contribution in [3.63, 3.8) is 0 Å². The van der Waals surface area contributed by atoms with E-state index >= 15 is 0 Å². The molecule has 1 aromatic heterocycles. The van der Waals surface area contributed by atoms with Crippen molar-refractivity contribution in [3.05, 3.63) is 53.2 Å². The molecule has 0 aliphatic carbocycles. The number of rotatable bonds is 5. The average molecular weight is 401 g/mol. The molecule has 0 radical (unpaired) electrons. The summed E-state index contributed by atoms with van der Waals surface area (Å²) in [5.41, 5.74) is 3.03. The quantitative estimate of drug-likeness (QED) is 0.829. The maximum absolute atomic E-state index is 12.5. The summed E-state index contributed by atoms with van der Waals surface area (Å²) >= 11 is 0. The Labute approximate surface area is 165 Å². The molecule has 1 fully saturated rings. The third-order valence-corrected chi connectivity index (χ3v) is 6.47. The molecule has 7 nitrogen and oxygen atoms in total. The number of hydrogen-bond acceptors (Lipinski definition) is 5. The second-order valence-corrected chi connectivity index (χ2v) is 9.24. The number of benzene rings is 1. The first-order valence-electron chi connectivity index (χ1n) is 9.50. The third kappa shape index (κ3) is 3.82. The van der Waals surface area contributed by atoms with Crippen molar-refractivity contribution < 1.29 is 13.2 Å². The molecule has 1 amide bonds. The first-order valence-corrected chi connectivity index (χ1v) is 11.4. The van der Waals surface area contributed by atoms with E-state index in [0.29, 0.717) is 30.8 Å². The molecule has 2 aromatic rings. The smallest absolute Gasteiger partial charge is 0.251 e. The van der Waals surface area contributed by atoms with Gasteiger partial charge in [0.25, 0.3) is 5.91 Å². The van der Waals surface area contributed by atoms with Gasteiger partial charge in [0.05, 0.1) is 11.9 Å².